The zero-order chi connectivity index (χ0) is 14.8. The normalized spacial score (nSPS) is 20.8. The summed E-state index contributed by atoms with van der Waals surface area (Å²) >= 11 is 0. The van der Waals surface area contributed by atoms with Crippen LogP contribution in [0.15, 0.2) is 18.3 Å². The number of pyridine rings is 1. The number of hydrogen-bond donors (Lipinski definition) is 1. The Bertz CT molecular complexity index is 601. The number of carbonyl (C=O) groups is 1. The minimum atomic E-state index is -3.19. The van der Waals surface area contributed by atoms with E-state index in [1.807, 2.05) is 0 Å². The lowest BCUT2D eigenvalue weighted by Crippen LogP contribution is -2.39. The topological polar surface area (TPSA) is 93.4 Å². The van der Waals surface area contributed by atoms with Crippen molar-refractivity contribution in [1.29, 1.82) is 0 Å². The summed E-state index contributed by atoms with van der Waals surface area (Å²) in [6, 6.07) is 3.32. The number of anilines is 1. The molecule has 0 bridgehead atoms. The highest BCUT2D eigenvalue weighted by molar-refractivity contribution is 7.88. The smallest absolute Gasteiger partial charge is 0.211 e. The third-order valence-corrected chi connectivity index (χ3v) is 4.80. The van der Waals surface area contributed by atoms with E-state index >= 15 is 0 Å². The number of nitrogen functional groups attached to an aromatic ring is 1. The molecule has 0 spiro atoms. The molecule has 1 aliphatic rings. The third-order valence-electron chi connectivity index (χ3n) is 3.53. The monoisotopic (exact) mass is 297 g/mol. The van der Waals surface area contributed by atoms with E-state index in [-0.39, 0.29) is 23.8 Å². The van der Waals surface area contributed by atoms with Crippen molar-refractivity contribution >= 4 is 21.5 Å². The fourth-order valence-corrected chi connectivity index (χ4v) is 3.45. The fourth-order valence-electron chi connectivity index (χ4n) is 2.50. The molecule has 20 heavy (non-hydrogen) atoms. The first kappa shape index (κ1) is 14.9. The average molecular weight is 297 g/mol. The van der Waals surface area contributed by atoms with Crippen LogP contribution < -0.4 is 5.73 Å². The van der Waals surface area contributed by atoms with Crippen LogP contribution in [0.4, 0.5) is 5.69 Å². The predicted molar refractivity (Wildman–Crippen MR) is 76.7 cm³/mol. The van der Waals surface area contributed by atoms with Crippen LogP contribution in [-0.2, 0) is 10.0 Å². The fraction of sp³-hybridized carbons (Fsp3) is 0.538. The van der Waals surface area contributed by atoms with Crippen LogP contribution in [0.3, 0.4) is 0 Å². The van der Waals surface area contributed by atoms with Crippen molar-refractivity contribution in [3.8, 4) is 0 Å². The van der Waals surface area contributed by atoms with Crippen LogP contribution in [0.2, 0.25) is 0 Å². The summed E-state index contributed by atoms with van der Waals surface area (Å²) in [6.07, 6.45) is 4.65. The summed E-state index contributed by atoms with van der Waals surface area (Å²) in [7, 11) is -3.19. The molecule has 7 heteroatoms. The molecule has 110 valence electrons. The van der Waals surface area contributed by atoms with Crippen molar-refractivity contribution in [2.24, 2.45) is 5.92 Å². The summed E-state index contributed by atoms with van der Waals surface area (Å²) in [5, 5.41) is 0. The molecular weight excluding hydrogens is 278 g/mol. The van der Waals surface area contributed by atoms with Crippen molar-refractivity contribution in [3.05, 3.63) is 24.0 Å². The van der Waals surface area contributed by atoms with Crippen LogP contribution in [0.25, 0.3) is 0 Å². The number of rotatable bonds is 4. The van der Waals surface area contributed by atoms with Gasteiger partial charge in [0.1, 0.15) is 5.69 Å². The van der Waals surface area contributed by atoms with Crippen LogP contribution >= 0.6 is 0 Å². The Morgan fingerprint density at radius 1 is 1.55 bits per heavy atom. The number of ketones is 1. The highest BCUT2D eigenvalue weighted by atomic mass is 32.2. The van der Waals surface area contributed by atoms with Crippen LogP contribution in [-0.4, -0.2) is 42.8 Å². The van der Waals surface area contributed by atoms with E-state index in [1.165, 1.54) is 16.8 Å². The Hall–Kier alpha value is -1.47. The Morgan fingerprint density at radius 3 is 2.95 bits per heavy atom. The van der Waals surface area contributed by atoms with Gasteiger partial charge in [-0.3, -0.25) is 9.78 Å². The number of hydrogen-bond acceptors (Lipinski definition) is 5. The van der Waals surface area contributed by atoms with E-state index in [0.717, 1.165) is 12.8 Å². The number of nitrogens with two attached hydrogens (primary N) is 1. The molecule has 0 aromatic carbocycles. The number of aromatic nitrogens is 1. The van der Waals surface area contributed by atoms with Gasteiger partial charge in [-0.05, 0) is 30.9 Å². The molecule has 1 aromatic rings. The largest absolute Gasteiger partial charge is 0.397 e. The molecule has 1 aromatic heterocycles. The number of Topliss-reactive ketones (excluding diaryl/α,β-unsaturated/α-hetero) is 1. The van der Waals surface area contributed by atoms with E-state index in [0.29, 0.717) is 18.8 Å². The third kappa shape index (κ3) is 3.55. The average Bonchev–Trinajstić information content (AvgIpc) is 2.38. The summed E-state index contributed by atoms with van der Waals surface area (Å²) in [5.74, 6) is -0.0872. The minimum absolute atomic E-state index is 0.0346. The van der Waals surface area contributed by atoms with Crippen molar-refractivity contribution in [2.75, 3.05) is 25.1 Å². The second-order valence-corrected chi connectivity index (χ2v) is 7.18. The zero-order valence-corrected chi connectivity index (χ0v) is 12.3. The van der Waals surface area contributed by atoms with Gasteiger partial charge in [0.05, 0.1) is 11.9 Å². The van der Waals surface area contributed by atoms with Gasteiger partial charge in [-0.15, -0.1) is 0 Å². The second kappa shape index (κ2) is 5.88. The lowest BCUT2D eigenvalue weighted by atomic mass is 9.93. The van der Waals surface area contributed by atoms with Crippen molar-refractivity contribution in [2.45, 2.75) is 19.3 Å². The minimum Gasteiger partial charge on any atom is -0.397 e. The molecule has 6 nitrogen and oxygen atoms in total. The maximum atomic E-state index is 12.2. The number of piperidine rings is 1. The first-order valence-electron chi connectivity index (χ1n) is 6.56. The van der Waals surface area contributed by atoms with E-state index in [2.05, 4.69) is 4.98 Å². The quantitative estimate of drug-likeness (QED) is 0.834. The molecule has 0 radical (unpaired) electrons. The Morgan fingerprint density at radius 2 is 2.30 bits per heavy atom. The van der Waals surface area contributed by atoms with Gasteiger partial charge in [-0.25, -0.2) is 12.7 Å². The molecule has 1 aliphatic heterocycles. The molecule has 1 fully saturated rings. The first-order valence-corrected chi connectivity index (χ1v) is 8.41. The molecule has 1 saturated heterocycles. The lowest BCUT2D eigenvalue weighted by Gasteiger charge is -2.30. The van der Waals surface area contributed by atoms with Gasteiger partial charge in [0.25, 0.3) is 0 Å². The van der Waals surface area contributed by atoms with Crippen molar-refractivity contribution in [1.82, 2.24) is 9.29 Å². The Labute approximate surface area is 119 Å². The maximum absolute atomic E-state index is 12.2. The summed E-state index contributed by atoms with van der Waals surface area (Å²) in [4.78, 5) is 16.2. The van der Waals surface area contributed by atoms with Crippen LogP contribution in [0.1, 0.15) is 29.8 Å². The summed E-state index contributed by atoms with van der Waals surface area (Å²) in [6.45, 7) is 0.937. The molecule has 2 rings (SSSR count). The van der Waals surface area contributed by atoms with Gasteiger partial charge in [-0.2, -0.15) is 0 Å². The molecule has 2 N–H and O–H groups in total. The molecule has 0 saturated carbocycles. The standard InChI is InChI=1S/C13H19N3O3S/c1-20(18,19)16-7-3-4-10(9-16)8-12(17)13-11(14)5-2-6-15-13/h2,5-6,10H,3-4,7-9,14H2,1H3. The van der Waals surface area contributed by atoms with Crippen LogP contribution in [0, 0.1) is 5.92 Å². The second-order valence-electron chi connectivity index (χ2n) is 5.20. The number of nitrogens with zero attached hydrogens (tertiary/aromatic N) is 2. The van der Waals surface area contributed by atoms with Crippen molar-refractivity contribution in [3.63, 3.8) is 0 Å². The molecule has 1 atom stereocenters. The van der Waals surface area contributed by atoms with Gasteiger partial charge in [0.2, 0.25) is 10.0 Å². The maximum Gasteiger partial charge on any atom is 0.211 e. The molecule has 2 heterocycles. The molecular formula is C13H19N3O3S. The lowest BCUT2D eigenvalue weighted by molar-refractivity contribution is 0.0938. The SMILES string of the molecule is CS(=O)(=O)N1CCCC(CC(=O)c2ncccc2N)C1. The van der Waals surface area contributed by atoms with E-state index in [1.54, 1.807) is 12.1 Å². The van der Waals surface area contributed by atoms with Gasteiger partial charge in [-0.1, -0.05) is 0 Å². The Kier molecular flexibility index (Phi) is 4.39. The number of sulfonamides is 1. The molecule has 0 aliphatic carbocycles. The summed E-state index contributed by atoms with van der Waals surface area (Å²) in [5.41, 5.74) is 6.38. The van der Waals surface area contributed by atoms with Crippen LogP contribution in [0.5, 0.6) is 0 Å². The van der Waals surface area contributed by atoms with Gasteiger partial charge in [0, 0.05) is 25.7 Å². The molecule has 0 amide bonds. The predicted octanol–water partition coefficient (Wildman–Crippen LogP) is 0.908. The zero-order valence-electron chi connectivity index (χ0n) is 11.4. The van der Waals surface area contributed by atoms with E-state index in [4.69, 9.17) is 5.73 Å². The van der Waals surface area contributed by atoms with E-state index in [9.17, 15) is 13.2 Å². The van der Waals surface area contributed by atoms with Gasteiger partial charge >= 0.3 is 0 Å². The van der Waals surface area contributed by atoms with E-state index < -0.39 is 10.0 Å². The highest BCUT2D eigenvalue weighted by Crippen LogP contribution is 2.23. The number of carbonyl (C=O) groups excluding carboxylic acids is 1. The summed E-state index contributed by atoms with van der Waals surface area (Å²) < 4.78 is 24.5. The van der Waals surface area contributed by atoms with Gasteiger partial charge < -0.3 is 5.73 Å². The van der Waals surface area contributed by atoms with Crippen molar-refractivity contribution < 1.29 is 13.2 Å². The first-order chi connectivity index (χ1) is 9.38. The highest BCUT2D eigenvalue weighted by Gasteiger charge is 2.28. The Balaban J connectivity index is 2.03. The molecule has 1 unspecified atom stereocenters. The van der Waals surface area contributed by atoms with Gasteiger partial charge in [0.15, 0.2) is 5.78 Å².